The standard InChI is InChI=1S/C6H15N.C2H5ClO/c1-4-7(5-2)6-3;3-1-2-4/h4-6H2,1-3H3;4H,1-2H2. The van der Waals surface area contributed by atoms with Gasteiger partial charge in [-0.15, -0.1) is 11.6 Å². The number of rotatable bonds is 4. The van der Waals surface area contributed by atoms with Crippen molar-refractivity contribution in [3.63, 3.8) is 0 Å². The SMILES string of the molecule is CCN(CC)CC.OCCCl. The molecular formula is C8H20ClNO. The van der Waals surface area contributed by atoms with Crippen molar-refractivity contribution in [1.82, 2.24) is 4.90 Å². The molecule has 0 heterocycles. The first-order valence-corrected chi connectivity index (χ1v) is 4.69. The van der Waals surface area contributed by atoms with Crippen LogP contribution in [-0.2, 0) is 0 Å². The Bertz CT molecular complexity index is 50.5. The third-order valence-corrected chi connectivity index (χ3v) is 1.60. The summed E-state index contributed by atoms with van der Waals surface area (Å²) in [5.41, 5.74) is 0. The maximum atomic E-state index is 7.74. The van der Waals surface area contributed by atoms with Crippen molar-refractivity contribution in [1.29, 1.82) is 0 Å². The largest absolute Gasteiger partial charge is 0.395 e. The van der Waals surface area contributed by atoms with Crippen molar-refractivity contribution in [2.75, 3.05) is 32.1 Å². The number of aliphatic hydroxyl groups excluding tert-OH is 1. The van der Waals surface area contributed by atoms with Gasteiger partial charge in [0, 0.05) is 5.88 Å². The van der Waals surface area contributed by atoms with Crippen molar-refractivity contribution in [3.8, 4) is 0 Å². The Morgan fingerprint density at radius 2 is 1.36 bits per heavy atom. The van der Waals surface area contributed by atoms with Crippen molar-refractivity contribution in [2.24, 2.45) is 0 Å². The van der Waals surface area contributed by atoms with Crippen LogP contribution in [0, 0.1) is 0 Å². The lowest BCUT2D eigenvalue weighted by Crippen LogP contribution is -2.21. The van der Waals surface area contributed by atoms with Crippen LogP contribution in [0.1, 0.15) is 20.8 Å². The Hall–Kier alpha value is 0.210. The van der Waals surface area contributed by atoms with Gasteiger partial charge in [-0.05, 0) is 19.6 Å². The topological polar surface area (TPSA) is 23.5 Å². The minimum atomic E-state index is 0.0849. The van der Waals surface area contributed by atoms with Crippen molar-refractivity contribution < 1.29 is 5.11 Å². The van der Waals surface area contributed by atoms with E-state index in [1.165, 1.54) is 19.6 Å². The highest BCUT2D eigenvalue weighted by molar-refractivity contribution is 6.17. The van der Waals surface area contributed by atoms with Gasteiger partial charge in [-0.3, -0.25) is 0 Å². The van der Waals surface area contributed by atoms with E-state index in [1.807, 2.05) is 0 Å². The second kappa shape index (κ2) is 12.8. The van der Waals surface area contributed by atoms with Gasteiger partial charge in [0.05, 0.1) is 6.61 Å². The molecule has 2 nitrogen and oxygen atoms in total. The lowest BCUT2D eigenvalue weighted by atomic mass is 10.5. The zero-order valence-electron chi connectivity index (χ0n) is 7.81. The summed E-state index contributed by atoms with van der Waals surface area (Å²) in [4.78, 5) is 2.38. The Kier molecular flexibility index (Phi) is 16.1. The van der Waals surface area contributed by atoms with Gasteiger partial charge in [0.1, 0.15) is 0 Å². The van der Waals surface area contributed by atoms with Crippen LogP contribution in [0.3, 0.4) is 0 Å². The zero-order valence-corrected chi connectivity index (χ0v) is 8.56. The average Bonchev–Trinajstić information content (AvgIpc) is 2.08. The molecule has 11 heavy (non-hydrogen) atoms. The predicted molar refractivity (Wildman–Crippen MR) is 51.3 cm³/mol. The minimum absolute atomic E-state index is 0.0849. The second-order valence-electron chi connectivity index (χ2n) is 2.03. The van der Waals surface area contributed by atoms with Gasteiger partial charge in [-0.2, -0.15) is 0 Å². The summed E-state index contributed by atoms with van der Waals surface area (Å²) >= 11 is 4.94. The molecule has 0 saturated heterocycles. The van der Waals surface area contributed by atoms with E-state index < -0.39 is 0 Å². The first-order valence-electron chi connectivity index (χ1n) is 4.15. The summed E-state index contributed by atoms with van der Waals surface area (Å²) in [6.07, 6.45) is 0. The molecule has 0 aliphatic heterocycles. The highest BCUT2D eigenvalue weighted by Gasteiger charge is 1.89. The number of halogens is 1. The van der Waals surface area contributed by atoms with Gasteiger partial charge in [0.25, 0.3) is 0 Å². The van der Waals surface area contributed by atoms with Crippen LogP contribution in [0.25, 0.3) is 0 Å². The molecule has 0 atom stereocenters. The fraction of sp³-hybridized carbons (Fsp3) is 1.00. The molecular weight excluding hydrogens is 162 g/mol. The summed E-state index contributed by atoms with van der Waals surface area (Å²) < 4.78 is 0. The average molecular weight is 182 g/mol. The first-order chi connectivity index (χ1) is 5.26. The monoisotopic (exact) mass is 181 g/mol. The lowest BCUT2D eigenvalue weighted by Gasteiger charge is -2.13. The van der Waals surface area contributed by atoms with E-state index in [0.717, 1.165) is 0 Å². The quantitative estimate of drug-likeness (QED) is 0.666. The Morgan fingerprint density at radius 1 is 1.09 bits per heavy atom. The smallest absolute Gasteiger partial charge is 0.0566 e. The molecule has 0 radical (unpaired) electrons. The van der Waals surface area contributed by atoms with Crippen LogP contribution >= 0.6 is 11.6 Å². The molecule has 0 aliphatic rings. The summed E-state index contributed by atoms with van der Waals surface area (Å²) in [6, 6.07) is 0. The number of hydrogen-bond acceptors (Lipinski definition) is 2. The predicted octanol–water partition coefficient (Wildman–Crippen LogP) is 1.57. The number of alkyl halides is 1. The van der Waals surface area contributed by atoms with Gasteiger partial charge >= 0.3 is 0 Å². The van der Waals surface area contributed by atoms with Gasteiger partial charge < -0.3 is 10.0 Å². The molecule has 0 saturated carbocycles. The van der Waals surface area contributed by atoms with E-state index in [9.17, 15) is 0 Å². The molecule has 0 aliphatic carbocycles. The van der Waals surface area contributed by atoms with E-state index in [-0.39, 0.29) is 6.61 Å². The Morgan fingerprint density at radius 3 is 1.36 bits per heavy atom. The molecule has 0 aromatic rings. The first kappa shape index (κ1) is 13.8. The fourth-order valence-corrected chi connectivity index (χ4v) is 0.671. The van der Waals surface area contributed by atoms with Gasteiger partial charge in [-0.1, -0.05) is 20.8 Å². The molecule has 0 spiro atoms. The van der Waals surface area contributed by atoms with Crippen LogP contribution in [0.2, 0.25) is 0 Å². The van der Waals surface area contributed by atoms with Crippen LogP contribution in [-0.4, -0.2) is 42.1 Å². The van der Waals surface area contributed by atoms with Crippen LogP contribution in [0.5, 0.6) is 0 Å². The van der Waals surface area contributed by atoms with Crippen molar-refractivity contribution >= 4 is 11.6 Å². The molecule has 70 valence electrons. The van der Waals surface area contributed by atoms with E-state index in [4.69, 9.17) is 16.7 Å². The van der Waals surface area contributed by atoms with E-state index in [2.05, 4.69) is 25.7 Å². The Labute approximate surface area is 75.2 Å². The van der Waals surface area contributed by atoms with Crippen LogP contribution in [0.4, 0.5) is 0 Å². The molecule has 0 aromatic heterocycles. The van der Waals surface area contributed by atoms with Crippen molar-refractivity contribution in [2.45, 2.75) is 20.8 Å². The maximum absolute atomic E-state index is 7.74. The number of hydrogen-bond donors (Lipinski definition) is 1. The van der Waals surface area contributed by atoms with E-state index >= 15 is 0 Å². The molecule has 0 fully saturated rings. The third-order valence-electron chi connectivity index (χ3n) is 1.43. The van der Waals surface area contributed by atoms with Gasteiger partial charge in [0.2, 0.25) is 0 Å². The molecule has 0 bridgehead atoms. The molecule has 0 amide bonds. The number of nitrogens with zero attached hydrogens (tertiary/aromatic N) is 1. The highest BCUT2D eigenvalue weighted by atomic mass is 35.5. The fourth-order valence-electron chi connectivity index (χ4n) is 0.671. The second-order valence-corrected chi connectivity index (χ2v) is 2.41. The van der Waals surface area contributed by atoms with Crippen molar-refractivity contribution in [3.05, 3.63) is 0 Å². The van der Waals surface area contributed by atoms with Gasteiger partial charge in [0.15, 0.2) is 0 Å². The van der Waals surface area contributed by atoms with Crippen LogP contribution in [0.15, 0.2) is 0 Å². The molecule has 0 unspecified atom stereocenters. The lowest BCUT2D eigenvalue weighted by molar-refractivity contribution is 0.321. The summed E-state index contributed by atoms with van der Waals surface area (Å²) in [5, 5.41) is 7.74. The molecule has 3 heteroatoms. The van der Waals surface area contributed by atoms with Crippen LogP contribution < -0.4 is 0 Å². The summed E-state index contributed by atoms with van der Waals surface area (Å²) in [7, 11) is 0. The van der Waals surface area contributed by atoms with Gasteiger partial charge in [-0.25, -0.2) is 0 Å². The minimum Gasteiger partial charge on any atom is -0.395 e. The summed E-state index contributed by atoms with van der Waals surface area (Å²) in [5.74, 6) is 0.347. The molecule has 0 aromatic carbocycles. The Balaban J connectivity index is 0. The van der Waals surface area contributed by atoms with E-state index in [0.29, 0.717) is 5.88 Å². The van der Waals surface area contributed by atoms with E-state index in [1.54, 1.807) is 0 Å². The normalized spacial score (nSPS) is 9.27. The number of aliphatic hydroxyl groups is 1. The maximum Gasteiger partial charge on any atom is 0.0566 e. The molecule has 0 rings (SSSR count). The molecule has 1 N–H and O–H groups in total. The zero-order chi connectivity index (χ0) is 9.11. The summed E-state index contributed by atoms with van der Waals surface area (Å²) in [6.45, 7) is 10.2. The highest BCUT2D eigenvalue weighted by Crippen LogP contribution is 1.81. The third kappa shape index (κ3) is 13.2.